The molecule has 0 amide bonds. The van der Waals surface area contributed by atoms with Crippen molar-refractivity contribution < 1.29 is 4.74 Å². The van der Waals surface area contributed by atoms with Crippen molar-refractivity contribution in [3.63, 3.8) is 0 Å². The van der Waals surface area contributed by atoms with Crippen LogP contribution in [-0.4, -0.2) is 37.7 Å². The van der Waals surface area contributed by atoms with Gasteiger partial charge in [0.2, 0.25) is 0 Å². The molecule has 0 aromatic rings. The molecule has 19 heavy (non-hydrogen) atoms. The molecule has 1 saturated heterocycles. The molecule has 3 atom stereocenters. The van der Waals surface area contributed by atoms with Crippen molar-refractivity contribution >= 4 is 0 Å². The number of methoxy groups -OCH3 is 1. The standard InChI is InChI=1S/C17H31NO/c1-17(2,3)12-5-7-13(8-6-12)18-9-14-15(10-18)16(14)11-19-4/h12-16H,5-11H2,1-4H3/t12?,13?,14-,15+,16?. The highest BCUT2D eigenvalue weighted by molar-refractivity contribution is 5.06. The Morgan fingerprint density at radius 3 is 2.05 bits per heavy atom. The lowest BCUT2D eigenvalue weighted by molar-refractivity contribution is 0.0929. The maximum absolute atomic E-state index is 5.32. The van der Waals surface area contributed by atoms with Crippen molar-refractivity contribution in [1.29, 1.82) is 0 Å². The fraction of sp³-hybridized carbons (Fsp3) is 1.00. The Morgan fingerprint density at radius 1 is 1.00 bits per heavy atom. The highest BCUT2D eigenvalue weighted by Gasteiger charge is 2.56. The van der Waals surface area contributed by atoms with Gasteiger partial charge in [-0.2, -0.15) is 0 Å². The molecule has 1 aliphatic heterocycles. The molecule has 1 unspecified atom stereocenters. The second-order valence-electron chi connectivity index (χ2n) is 8.27. The van der Waals surface area contributed by atoms with Gasteiger partial charge in [-0.3, -0.25) is 4.90 Å². The summed E-state index contributed by atoms with van der Waals surface area (Å²) in [6.45, 7) is 11.0. The third kappa shape index (κ3) is 2.71. The van der Waals surface area contributed by atoms with Crippen LogP contribution in [0.3, 0.4) is 0 Å². The van der Waals surface area contributed by atoms with Crippen molar-refractivity contribution in [2.75, 3.05) is 26.8 Å². The molecule has 2 aliphatic carbocycles. The quantitative estimate of drug-likeness (QED) is 0.775. The van der Waals surface area contributed by atoms with Crippen LogP contribution in [0, 0.1) is 29.1 Å². The van der Waals surface area contributed by atoms with Gasteiger partial charge in [0, 0.05) is 32.8 Å². The van der Waals surface area contributed by atoms with Crippen LogP contribution < -0.4 is 0 Å². The van der Waals surface area contributed by atoms with Gasteiger partial charge in [0.15, 0.2) is 0 Å². The highest BCUT2D eigenvalue weighted by atomic mass is 16.5. The van der Waals surface area contributed by atoms with Crippen LogP contribution in [0.5, 0.6) is 0 Å². The van der Waals surface area contributed by atoms with E-state index in [1.165, 1.54) is 38.8 Å². The summed E-state index contributed by atoms with van der Waals surface area (Å²) in [5.41, 5.74) is 0.516. The van der Waals surface area contributed by atoms with Gasteiger partial charge in [-0.1, -0.05) is 20.8 Å². The molecule has 2 nitrogen and oxygen atoms in total. The number of hydrogen-bond acceptors (Lipinski definition) is 2. The zero-order chi connectivity index (χ0) is 13.6. The molecular weight excluding hydrogens is 234 g/mol. The molecule has 1 heterocycles. The van der Waals surface area contributed by atoms with Crippen LogP contribution in [0.2, 0.25) is 0 Å². The molecule has 2 saturated carbocycles. The van der Waals surface area contributed by atoms with Crippen LogP contribution in [0.4, 0.5) is 0 Å². The zero-order valence-corrected chi connectivity index (χ0v) is 13.2. The Kier molecular flexibility index (Phi) is 3.68. The third-order valence-corrected chi connectivity index (χ3v) is 6.20. The number of piperidine rings is 1. The van der Waals surface area contributed by atoms with E-state index in [1.807, 2.05) is 7.11 Å². The minimum Gasteiger partial charge on any atom is -0.384 e. The minimum atomic E-state index is 0.516. The van der Waals surface area contributed by atoms with Crippen LogP contribution in [0.25, 0.3) is 0 Å². The van der Waals surface area contributed by atoms with Crippen LogP contribution in [-0.2, 0) is 4.74 Å². The summed E-state index contributed by atoms with van der Waals surface area (Å²) < 4.78 is 5.32. The largest absolute Gasteiger partial charge is 0.384 e. The number of nitrogens with zero attached hydrogens (tertiary/aromatic N) is 1. The summed E-state index contributed by atoms with van der Waals surface area (Å²) in [5.74, 6) is 3.79. The lowest BCUT2D eigenvalue weighted by Crippen LogP contribution is -2.40. The second-order valence-corrected chi connectivity index (χ2v) is 8.27. The van der Waals surface area contributed by atoms with E-state index >= 15 is 0 Å². The van der Waals surface area contributed by atoms with Gasteiger partial charge >= 0.3 is 0 Å². The molecule has 0 spiro atoms. The predicted octanol–water partition coefficient (Wildman–Crippen LogP) is 3.42. The highest BCUT2D eigenvalue weighted by Crippen LogP contribution is 2.53. The van der Waals surface area contributed by atoms with Crippen LogP contribution >= 0.6 is 0 Å². The molecule has 0 aromatic heterocycles. The molecule has 0 bridgehead atoms. The van der Waals surface area contributed by atoms with Gasteiger partial charge in [0.05, 0.1) is 0 Å². The van der Waals surface area contributed by atoms with Crippen LogP contribution in [0.15, 0.2) is 0 Å². The Labute approximate surface area is 118 Å². The lowest BCUT2D eigenvalue weighted by Gasteiger charge is -2.40. The van der Waals surface area contributed by atoms with E-state index in [1.54, 1.807) is 0 Å². The average molecular weight is 265 g/mol. The molecule has 2 heteroatoms. The molecule has 3 rings (SSSR count). The molecule has 110 valence electrons. The van der Waals surface area contributed by atoms with E-state index in [4.69, 9.17) is 4.74 Å². The number of likely N-dealkylation sites (tertiary alicyclic amines) is 1. The Bertz CT molecular complexity index is 302. The van der Waals surface area contributed by atoms with Crippen molar-refractivity contribution in [2.24, 2.45) is 29.1 Å². The van der Waals surface area contributed by atoms with E-state index in [9.17, 15) is 0 Å². The number of ether oxygens (including phenoxy) is 1. The minimum absolute atomic E-state index is 0.516. The predicted molar refractivity (Wildman–Crippen MR) is 79.1 cm³/mol. The monoisotopic (exact) mass is 265 g/mol. The third-order valence-electron chi connectivity index (χ3n) is 6.20. The fourth-order valence-electron chi connectivity index (χ4n) is 4.73. The van der Waals surface area contributed by atoms with E-state index in [2.05, 4.69) is 25.7 Å². The molecule has 3 fully saturated rings. The van der Waals surface area contributed by atoms with Crippen LogP contribution in [0.1, 0.15) is 46.5 Å². The van der Waals surface area contributed by atoms with E-state index < -0.39 is 0 Å². The summed E-state index contributed by atoms with van der Waals surface area (Å²) >= 11 is 0. The zero-order valence-electron chi connectivity index (χ0n) is 13.2. The molecule has 0 N–H and O–H groups in total. The molecule has 0 radical (unpaired) electrons. The Balaban J connectivity index is 1.45. The summed E-state index contributed by atoms with van der Waals surface area (Å²) in [6, 6.07) is 0.898. The van der Waals surface area contributed by atoms with Gasteiger partial charge in [-0.25, -0.2) is 0 Å². The lowest BCUT2D eigenvalue weighted by atomic mass is 9.71. The van der Waals surface area contributed by atoms with Gasteiger partial charge in [0.1, 0.15) is 0 Å². The second kappa shape index (κ2) is 5.04. The molecule has 0 aromatic carbocycles. The van der Waals surface area contributed by atoms with Crippen molar-refractivity contribution in [3.8, 4) is 0 Å². The first-order valence-electron chi connectivity index (χ1n) is 8.23. The smallest absolute Gasteiger partial charge is 0.0496 e. The van der Waals surface area contributed by atoms with Gasteiger partial charge in [0.25, 0.3) is 0 Å². The van der Waals surface area contributed by atoms with Gasteiger partial charge in [-0.05, 0) is 54.8 Å². The summed E-state index contributed by atoms with van der Waals surface area (Å²) in [6.07, 6.45) is 5.77. The summed E-state index contributed by atoms with van der Waals surface area (Å²) in [4.78, 5) is 2.81. The Morgan fingerprint density at radius 2 is 1.58 bits per heavy atom. The first-order chi connectivity index (χ1) is 9.00. The number of hydrogen-bond donors (Lipinski definition) is 0. The van der Waals surface area contributed by atoms with Crippen molar-refractivity contribution in [3.05, 3.63) is 0 Å². The number of fused-ring (bicyclic) bond motifs is 1. The summed E-state index contributed by atoms with van der Waals surface area (Å²) in [5, 5.41) is 0. The van der Waals surface area contributed by atoms with E-state index in [0.29, 0.717) is 5.41 Å². The fourth-order valence-corrected chi connectivity index (χ4v) is 4.73. The summed E-state index contributed by atoms with van der Waals surface area (Å²) in [7, 11) is 1.85. The SMILES string of the molecule is COCC1[C@H]2CN(C3CCC(C(C)(C)C)CC3)C[C@@H]12. The van der Waals surface area contributed by atoms with Gasteiger partial charge in [-0.15, -0.1) is 0 Å². The maximum atomic E-state index is 5.32. The maximum Gasteiger partial charge on any atom is 0.0496 e. The molecular formula is C17H31NO. The average Bonchev–Trinajstić information content (AvgIpc) is 2.84. The normalized spacial score (nSPS) is 43.3. The van der Waals surface area contributed by atoms with Gasteiger partial charge < -0.3 is 4.74 Å². The Hall–Kier alpha value is -0.0800. The first-order valence-corrected chi connectivity index (χ1v) is 8.23. The van der Waals surface area contributed by atoms with E-state index in [0.717, 1.165) is 36.3 Å². The van der Waals surface area contributed by atoms with Crippen molar-refractivity contribution in [1.82, 2.24) is 4.90 Å². The topological polar surface area (TPSA) is 12.5 Å². The number of rotatable bonds is 3. The van der Waals surface area contributed by atoms with Crippen molar-refractivity contribution in [2.45, 2.75) is 52.5 Å². The van der Waals surface area contributed by atoms with E-state index in [-0.39, 0.29) is 0 Å². The first kappa shape index (κ1) is 13.9. The molecule has 3 aliphatic rings.